The summed E-state index contributed by atoms with van der Waals surface area (Å²) in [6, 6.07) is 3.34. The standard InChI is InChI=1S/C13H9F3N4OS/c14-13(15,16)7-18-11(21)9-10(8-1-3-17-4-2-8)20-5-6-22-12(20)19-9/h1-6H,7H2,(H,18,21). The van der Waals surface area contributed by atoms with Gasteiger partial charge < -0.3 is 5.32 Å². The molecule has 3 heterocycles. The van der Waals surface area contributed by atoms with E-state index >= 15 is 0 Å². The Hall–Kier alpha value is -2.42. The van der Waals surface area contributed by atoms with Crippen LogP contribution in [0, 0.1) is 0 Å². The number of nitrogens with one attached hydrogen (secondary N) is 1. The largest absolute Gasteiger partial charge is 0.405 e. The number of carbonyl (C=O) groups is 1. The van der Waals surface area contributed by atoms with Crippen LogP contribution in [0.3, 0.4) is 0 Å². The lowest BCUT2D eigenvalue weighted by molar-refractivity contribution is -0.123. The fourth-order valence-electron chi connectivity index (χ4n) is 1.99. The lowest BCUT2D eigenvalue weighted by Gasteiger charge is -2.08. The lowest BCUT2D eigenvalue weighted by Crippen LogP contribution is -2.34. The van der Waals surface area contributed by atoms with E-state index in [9.17, 15) is 18.0 Å². The SMILES string of the molecule is O=C(NCC(F)(F)F)c1nc2sccn2c1-c1ccncc1. The number of fused-ring (bicyclic) bond motifs is 1. The van der Waals surface area contributed by atoms with Gasteiger partial charge in [0.2, 0.25) is 0 Å². The van der Waals surface area contributed by atoms with Gasteiger partial charge in [0.15, 0.2) is 10.7 Å². The summed E-state index contributed by atoms with van der Waals surface area (Å²) >= 11 is 1.29. The van der Waals surface area contributed by atoms with Gasteiger partial charge in [0.25, 0.3) is 5.91 Å². The summed E-state index contributed by atoms with van der Waals surface area (Å²) in [7, 11) is 0. The third-order valence-corrected chi connectivity index (χ3v) is 3.64. The Bertz CT molecular complexity index is 810. The number of imidazole rings is 1. The van der Waals surface area contributed by atoms with Crippen LogP contribution in [0.4, 0.5) is 13.2 Å². The molecule has 9 heteroatoms. The highest BCUT2D eigenvalue weighted by Crippen LogP contribution is 2.27. The van der Waals surface area contributed by atoms with Crippen molar-refractivity contribution in [2.24, 2.45) is 0 Å². The number of hydrogen-bond acceptors (Lipinski definition) is 4. The zero-order valence-corrected chi connectivity index (χ0v) is 11.8. The van der Waals surface area contributed by atoms with Gasteiger partial charge in [0.1, 0.15) is 6.54 Å². The Morgan fingerprint density at radius 3 is 2.73 bits per heavy atom. The second-order valence-electron chi connectivity index (χ2n) is 4.40. The van der Waals surface area contributed by atoms with Crippen LogP contribution in [0.15, 0.2) is 36.1 Å². The minimum Gasteiger partial charge on any atom is -0.342 e. The molecule has 0 aliphatic carbocycles. The summed E-state index contributed by atoms with van der Waals surface area (Å²) in [6.07, 6.45) is 0.323. The molecule has 0 aromatic carbocycles. The third kappa shape index (κ3) is 2.80. The van der Waals surface area contributed by atoms with Crippen molar-refractivity contribution >= 4 is 22.2 Å². The molecule has 3 aromatic heterocycles. The summed E-state index contributed by atoms with van der Waals surface area (Å²) < 4.78 is 38.4. The molecular formula is C13H9F3N4OS. The molecule has 5 nitrogen and oxygen atoms in total. The number of amides is 1. The predicted molar refractivity (Wildman–Crippen MR) is 74.7 cm³/mol. The highest BCUT2D eigenvalue weighted by atomic mass is 32.1. The van der Waals surface area contributed by atoms with E-state index in [2.05, 4.69) is 9.97 Å². The van der Waals surface area contributed by atoms with E-state index in [-0.39, 0.29) is 5.69 Å². The summed E-state index contributed by atoms with van der Waals surface area (Å²) in [5.74, 6) is -0.861. The number of rotatable bonds is 3. The molecule has 0 saturated heterocycles. The highest BCUT2D eigenvalue weighted by molar-refractivity contribution is 7.15. The molecule has 3 rings (SSSR count). The molecule has 1 amide bonds. The number of halogens is 3. The molecule has 0 atom stereocenters. The van der Waals surface area contributed by atoms with Gasteiger partial charge in [-0.25, -0.2) is 4.98 Å². The van der Waals surface area contributed by atoms with Crippen molar-refractivity contribution < 1.29 is 18.0 Å². The summed E-state index contributed by atoms with van der Waals surface area (Å²) in [5.41, 5.74) is 1.05. The van der Waals surface area contributed by atoms with E-state index in [4.69, 9.17) is 0 Å². The number of nitrogens with zero attached hydrogens (tertiary/aromatic N) is 3. The minimum atomic E-state index is -4.47. The molecule has 1 N–H and O–H groups in total. The van der Waals surface area contributed by atoms with Crippen molar-refractivity contribution in [3.63, 3.8) is 0 Å². The molecule has 0 fully saturated rings. The zero-order chi connectivity index (χ0) is 15.7. The Labute approximate surface area is 126 Å². The number of thiazole rings is 1. The van der Waals surface area contributed by atoms with Crippen molar-refractivity contribution in [2.45, 2.75) is 6.18 Å². The van der Waals surface area contributed by atoms with Gasteiger partial charge in [-0.3, -0.25) is 14.2 Å². The minimum absolute atomic E-state index is 0.0395. The first-order chi connectivity index (χ1) is 10.5. The van der Waals surface area contributed by atoms with Crippen LogP contribution >= 0.6 is 11.3 Å². The molecule has 0 unspecified atom stereocenters. The maximum atomic E-state index is 12.3. The van der Waals surface area contributed by atoms with Crippen LogP contribution < -0.4 is 5.32 Å². The molecule has 114 valence electrons. The number of pyridine rings is 1. The van der Waals surface area contributed by atoms with E-state index < -0.39 is 18.6 Å². The average Bonchev–Trinajstić information content (AvgIpc) is 3.05. The number of alkyl halides is 3. The molecule has 0 saturated carbocycles. The molecule has 22 heavy (non-hydrogen) atoms. The van der Waals surface area contributed by atoms with E-state index in [0.29, 0.717) is 16.2 Å². The number of hydrogen-bond donors (Lipinski definition) is 1. The smallest absolute Gasteiger partial charge is 0.342 e. The van der Waals surface area contributed by atoms with Crippen molar-refractivity contribution in [1.82, 2.24) is 19.7 Å². The highest BCUT2D eigenvalue weighted by Gasteiger charge is 2.29. The van der Waals surface area contributed by atoms with Crippen LogP contribution in [0.1, 0.15) is 10.5 Å². The first kappa shape index (κ1) is 14.5. The van der Waals surface area contributed by atoms with Gasteiger partial charge in [0, 0.05) is 29.5 Å². The first-order valence-electron chi connectivity index (χ1n) is 6.16. The third-order valence-electron chi connectivity index (χ3n) is 2.88. The summed E-state index contributed by atoms with van der Waals surface area (Å²) in [6.45, 7) is -1.40. The quantitative estimate of drug-likeness (QED) is 0.805. The molecule has 0 aliphatic rings. The van der Waals surface area contributed by atoms with Gasteiger partial charge in [-0.1, -0.05) is 0 Å². The van der Waals surface area contributed by atoms with Crippen LogP contribution in [-0.2, 0) is 0 Å². The first-order valence-corrected chi connectivity index (χ1v) is 7.04. The normalized spacial score (nSPS) is 11.8. The van der Waals surface area contributed by atoms with E-state index in [1.807, 2.05) is 5.32 Å². The second-order valence-corrected chi connectivity index (χ2v) is 5.27. The van der Waals surface area contributed by atoms with Crippen LogP contribution in [-0.4, -0.2) is 33.0 Å². The van der Waals surface area contributed by atoms with Gasteiger partial charge in [-0.05, 0) is 12.1 Å². The van der Waals surface area contributed by atoms with Crippen LogP contribution in [0.25, 0.3) is 16.2 Å². The lowest BCUT2D eigenvalue weighted by atomic mass is 10.1. The molecular weight excluding hydrogens is 317 g/mol. The zero-order valence-electron chi connectivity index (χ0n) is 11.0. The Kier molecular flexibility index (Phi) is 3.57. The Balaban J connectivity index is 2.03. The molecule has 0 radical (unpaired) electrons. The Morgan fingerprint density at radius 2 is 2.05 bits per heavy atom. The van der Waals surface area contributed by atoms with E-state index in [1.54, 1.807) is 40.5 Å². The maximum absolute atomic E-state index is 12.3. The van der Waals surface area contributed by atoms with Gasteiger partial charge in [-0.2, -0.15) is 13.2 Å². The second kappa shape index (κ2) is 5.41. The fraction of sp³-hybridized carbons (Fsp3) is 0.154. The maximum Gasteiger partial charge on any atom is 0.405 e. The summed E-state index contributed by atoms with van der Waals surface area (Å²) in [5, 5.41) is 3.63. The predicted octanol–water partition coefficient (Wildman–Crippen LogP) is 2.75. The van der Waals surface area contributed by atoms with Crippen molar-refractivity contribution in [2.75, 3.05) is 6.54 Å². The molecule has 0 spiro atoms. The van der Waals surface area contributed by atoms with Crippen LogP contribution in [0.5, 0.6) is 0 Å². The van der Waals surface area contributed by atoms with Crippen molar-refractivity contribution in [1.29, 1.82) is 0 Å². The van der Waals surface area contributed by atoms with Gasteiger partial charge >= 0.3 is 6.18 Å². The molecule has 0 bridgehead atoms. The van der Waals surface area contributed by atoms with Crippen molar-refractivity contribution in [3.8, 4) is 11.3 Å². The van der Waals surface area contributed by atoms with Gasteiger partial charge in [-0.15, -0.1) is 11.3 Å². The summed E-state index contributed by atoms with van der Waals surface area (Å²) in [4.78, 5) is 20.6. The molecule has 3 aromatic rings. The number of carbonyl (C=O) groups excluding carboxylic acids is 1. The number of aromatic nitrogens is 3. The van der Waals surface area contributed by atoms with Crippen molar-refractivity contribution in [3.05, 3.63) is 41.8 Å². The van der Waals surface area contributed by atoms with E-state index in [0.717, 1.165) is 0 Å². The van der Waals surface area contributed by atoms with Gasteiger partial charge in [0.05, 0.1) is 5.69 Å². The Morgan fingerprint density at radius 1 is 1.32 bits per heavy atom. The monoisotopic (exact) mass is 326 g/mol. The average molecular weight is 326 g/mol. The van der Waals surface area contributed by atoms with Crippen LogP contribution in [0.2, 0.25) is 0 Å². The van der Waals surface area contributed by atoms with E-state index in [1.165, 1.54) is 11.3 Å². The topological polar surface area (TPSA) is 59.3 Å². The molecule has 0 aliphatic heterocycles. The fourth-order valence-corrected chi connectivity index (χ4v) is 2.71.